The van der Waals surface area contributed by atoms with Crippen molar-refractivity contribution < 1.29 is 21.6 Å². The maximum absolute atomic E-state index is 12.7. The van der Waals surface area contributed by atoms with Gasteiger partial charge in [-0.05, 0) is 50.2 Å². The highest BCUT2D eigenvalue weighted by atomic mass is 32.2. The first-order valence-electron chi connectivity index (χ1n) is 10.2. The molecule has 2 aromatic carbocycles. The van der Waals surface area contributed by atoms with Gasteiger partial charge in [-0.3, -0.25) is 0 Å². The number of aryl methyl sites for hydroxylation is 1. The smallest absolute Gasteiger partial charge is 0.240 e. The van der Waals surface area contributed by atoms with E-state index in [9.17, 15) is 16.8 Å². The van der Waals surface area contributed by atoms with E-state index in [-0.39, 0.29) is 29.6 Å². The van der Waals surface area contributed by atoms with Crippen molar-refractivity contribution in [2.75, 3.05) is 18.1 Å². The second kappa shape index (κ2) is 9.85. The van der Waals surface area contributed by atoms with Gasteiger partial charge in [-0.15, -0.1) is 0 Å². The molecule has 0 atom stereocenters. The minimum Gasteiger partial charge on any atom is -0.493 e. The molecular formula is C22H27N3O5S2. The highest BCUT2D eigenvalue weighted by Crippen LogP contribution is 2.20. The molecule has 0 bridgehead atoms. The van der Waals surface area contributed by atoms with Crippen LogP contribution in [-0.4, -0.2) is 44.7 Å². The zero-order valence-electron chi connectivity index (χ0n) is 18.3. The topological polar surface area (TPSA) is 107 Å². The minimum absolute atomic E-state index is 0.0183. The van der Waals surface area contributed by atoms with E-state index in [1.54, 1.807) is 11.6 Å². The summed E-state index contributed by atoms with van der Waals surface area (Å²) in [6, 6.07) is 15.5. The van der Waals surface area contributed by atoms with Crippen LogP contribution in [0.25, 0.3) is 5.69 Å². The largest absolute Gasteiger partial charge is 0.493 e. The van der Waals surface area contributed by atoms with Crippen LogP contribution < -0.4 is 9.46 Å². The molecule has 1 N–H and O–H groups in total. The number of rotatable bonds is 10. The highest BCUT2D eigenvalue weighted by molar-refractivity contribution is 7.91. The third kappa shape index (κ3) is 5.76. The van der Waals surface area contributed by atoms with Gasteiger partial charge in [-0.2, -0.15) is 5.10 Å². The number of nitrogens with zero attached hydrogens (tertiary/aromatic N) is 2. The summed E-state index contributed by atoms with van der Waals surface area (Å²) in [4.78, 5) is 0.0942. The van der Waals surface area contributed by atoms with Crippen molar-refractivity contribution in [1.82, 2.24) is 14.5 Å². The first-order chi connectivity index (χ1) is 15.1. The molecule has 0 aliphatic carbocycles. The Balaban J connectivity index is 1.66. The lowest BCUT2D eigenvalue weighted by Gasteiger charge is -2.10. The van der Waals surface area contributed by atoms with Crippen molar-refractivity contribution in [2.24, 2.45) is 0 Å². The lowest BCUT2D eigenvalue weighted by molar-refractivity contribution is 0.340. The maximum Gasteiger partial charge on any atom is 0.240 e. The van der Waals surface area contributed by atoms with Gasteiger partial charge in [0, 0.05) is 23.6 Å². The molecule has 0 saturated carbocycles. The fourth-order valence-electron chi connectivity index (χ4n) is 3.15. The van der Waals surface area contributed by atoms with Gasteiger partial charge in [0.2, 0.25) is 10.0 Å². The first kappa shape index (κ1) is 24.0. The summed E-state index contributed by atoms with van der Waals surface area (Å²) < 4.78 is 58.4. The van der Waals surface area contributed by atoms with Crippen molar-refractivity contribution in [1.29, 1.82) is 0 Å². The molecule has 10 heteroatoms. The van der Waals surface area contributed by atoms with E-state index in [4.69, 9.17) is 4.74 Å². The van der Waals surface area contributed by atoms with E-state index >= 15 is 0 Å². The van der Waals surface area contributed by atoms with Crippen molar-refractivity contribution in [3.63, 3.8) is 0 Å². The normalized spacial score (nSPS) is 12.1. The molecule has 0 fully saturated rings. The van der Waals surface area contributed by atoms with Crippen molar-refractivity contribution in [3.05, 3.63) is 71.5 Å². The van der Waals surface area contributed by atoms with Gasteiger partial charge >= 0.3 is 0 Å². The van der Waals surface area contributed by atoms with Crippen LogP contribution in [0.1, 0.15) is 23.9 Å². The standard InChI is InChI=1S/C22H27N3O5S2/c1-4-31(26,27)15-14-30-20-10-12-21(13-11-20)32(28,29)23-16-22-17(2)24-25(18(22)3)19-8-6-5-7-9-19/h5-13,23H,4,14-16H2,1-3H3. The van der Waals surface area contributed by atoms with Gasteiger partial charge in [-0.1, -0.05) is 25.1 Å². The molecule has 172 valence electrons. The fourth-order valence-corrected chi connectivity index (χ4v) is 4.77. The van der Waals surface area contributed by atoms with Crippen LogP contribution in [0.15, 0.2) is 59.5 Å². The second-order valence-corrected chi connectivity index (χ2v) is 11.5. The summed E-state index contributed by atoms with van der Waals surface area (Å²) in [6.07, 6.45) is 0. The Morgan fingerprint density at radius 2 is 1.62 bits per heavy atom. The summed E-state index contributed by atoms with van der Waals surface area (Å²) in [5, 5.41) is 4.54. The van der Waals surface area contributed by atoms with Crippen LogP contribution in [0.3, 0.4) is 0 Å². The molecule has 1 heterocycles. The van der Waals surface area contributed by atoms with E-state index < -0.39 is 19.9 Å². The quantitative estimate of drug-likeness (QED) is 0.481. The molecule has 3 rings (SSSR count). The fraction of sp³-hybridized carbons (Fsp3) is 0.318. The van der Waals surface area contributed by atoms with Gasteiger partial charge in [-0.25, -0.2) is 26.2 Å². The Morgan fingerprint density at radius 3 is 2.25 bits per heavy atom. The van der Waals surface area contributed by atoms with Crippen LogP contribution in [0.5, 0.6) is 5.75 Å². The zero-order valence-corrected chi connectivity index (χ0v) is 19.9. The molecule has 3 aromatic rings. The van der Waals surface area contributed by atoms with Crippen LogP contribution >= 0.6 is 0 Å². The van der Waals surface area contributed by atoms with E-state index in [1.807, 2.05) is 44.2 Å². The number of aromatic nitrogens is 2. The Hall–Kier alpha value is -2.69. The lowest BCUT2D eigenvalue weighted by atomic mass is 10.2. The minimum atomic E-state index is -3.75. The number of nitrogens with one attached hydrogen (secondary N) is 1. The molecule has 0 saturated heterocycles. The number of ether oxygens (including phenoxy) is 1. The van der Waals surface area contributed by atoms with Gasteiger partial charge in [0.1, 0.15) is 12.4 Å². The Bertz CT molecular complexity index is 1270. The molecule has 0 amide bonds. The average molecular weight is 478 g/mol. The van der Waals surface area contributed by atoms with Crippen LogP contribution in [0.4, 0.5) is 0 Å². The second-order valence-electron chi connectivity index (χ2n) is 7.28. The molecule has 0 unspecified atom stereocenters. The molecule has 8 nitrogen and oxygen atoms in total. The molecule has 32 heavy (non-hydrogen) atoms. The summed E-state index contributed by atoms with van der Waals surface area (Å²) in [6.45, 7) is 5.46. The predicted octanol–water partition coefficient (Wildman–Crippen LogP) is 2.78. The Labute approximate surface area is 189 Å². The number of hydrogen-bond donors (Lipinski definition) is 1. The maximum atomic E-state index is 12.7. The number of para-hydroxylation sites is 1. The average Bonchev–Trinajstić information content (AvgIpc) is 3.06. The van der Waals surface area contributed by atoms with E-state index in [1.165, 1.54) is 24.3 Å². The number of sulfonamides is 1. The molecular weight excluding hydrogens is 450 g/mol. The van der Waals surface area contributed by atoms with E-state index in [2.05, 4.69) is 9.82 Å². The van der Waals surface area contributed by atoms with E-state index in [0.29, 0.717) is 5.75 Å². The van der Waals surface area contributed by atoms with Gasteiger partial charge < -0.3 is 4.74 Å². The molecule has 1 aromatic heterocycles. The molecule has 0 spiro atoms. The van der Waals surface area contributed by atoms with Gasteiger partial charge in [0.05, 0.1) is 22.0 Å². The molecule has 0 radical (unpaired) electrons. The monoisotopic (exact) mass is 477 g/mol. The third-order valence-electron chi connectivity index (χ3n) is 5.12. The summed E-state index contributed by atoms with van der Waals surface area (Å²) >= 11 is 0. The summed E-state index contributed by atoms with van der Waals surface area (Å²) in [5.74, 6) is 0.383. The Kier molecular flexibility index (Phi) is 7.37. The van der Waals surface area contributed by atoms with E-state index in [0.717, 1.165) is 22.6 Å². The number of benzene rings is 2. The summed E-state index contributed by atoms with van der Waals surface area (Å²) in [5.41, 5.74) is 3.33. The summed E-state index contributed by atoms with van der Waals surface area (Å²) in [7, 11) is -6.87. The van der Waals surface area contributed by atoms with Crippen molar-refractivity contribution in [3.8, 4) is 11.4 Å². The van der Waals surface area contributed by atoms with Crippen LogP contribution in [0.2, 0.25) is 0 Å². The number of hydrogen-bond acceptors (Lipinski definition) is 6. The Morgan fingerprint density at radius 1 is 0.969 bits per heavy atom. The van der Waals surface area contributed by atoms with Crippen LogP contribution in [0, 0.1) is 13.8 Å². The predicted molar refractivity (Wildman–Crippen MR) is 123 cm³/mol. The highest BCUT2D eigenvalue weighted by Gasteiger charge is 2.18. The molecule has 0 aliphatic heterocycles. The molecule has 0 aliphatic rings. The SMILES string of the molecule is CCS(=O)(=O)CCOc1ccc(S(=O)(=O)NCc2c(C)nn(-c3ccccc3)c2C)cc1. The third-order valence-corrected chi connectivity index (χ3v) is 8.20. The van der Waals surface area contributed by atoms with Gasteiger partial charge in [0.25, 0.3) is 0 Å². The first-order valence-corrected chi connectivity index (χ1v) is 13.5. The van der Waals surface area contributed by atoms with Crippen LogP contribution in [-0.2, 0) is 26.4 Å². The lowest BCUT2D eigenvalue weighted by Crippen LogP contribution is -2.23. The van der Waals surface area contributed by atoms with Crippen molar-refractivity contribution in [2.45, 2.75) is 32.2 Å². The van der Waals surface area contributed by atoms with Gasteiger partial charge in [0.15, 0.2) is 9.84 Å². The number of sulfone groups is 1. The zero-order chi connectivity index (χ0) is 23.4. The van der Waals surface area contributed by atoms with Crippen molar-refractivity contribution >= 4 is 19.9 Å².